The second-order valence-electron chi connectivity index (χ2n) is 13.0. The number of carbonyl (C=O) groups is 5. The van der Waals surface area contributed by atoms with Crippen molar-refractivity contribution in [3.05, 3.63) is 35.9 Å². The molecular formula is C31H49N3O9. The van der Waals surface area contributed by atoms with Crippen LogP contribution in [0.25, 0.3) is 0 Å². The van der Waals surface area contributed by atoms with E-state index in [9.17, 15) is 24.0 Å². The van der Waals surface area contributed by atoms with Crippen molar-refractivity contribution in [1.82, 2.24) is 16.0 Å². The van der Waals surface area contributed by atoms with Crippen LogP contribution in [0, 0.1) is 0 Å². The molecule has 1 aromatic carbocycles. The molecule has 0 radical (unpaired) electrons. The number of amides is 3. The Hall–Kier alpha value is -3.83. The van der Waals surface area contributed by atoms with Gasteiger partial charge in [0.1, 0.15) is 35.5 Å². The van der Waals surface area contributed by atoms with Crippen LogP contribution in [0.15, 0.2) is 30.3 Å². The summed E-state index contributed by atoms with van der Waals surface area (Å²) < 4.78 is 21.4. The molecule has 3 N–H and O–H groups in total. The molecule has 0 aromatic heterocycles. The first kappa shape index (κ1) is 37.2. The van der Waals surface area contributed by atoms with Crippen molar-refractivity contribution in [1.29, 1.82) is 0 Å². The lowest BCUT2D eigenvalue weighted by Gasteiger charge is -2.27. The van der Waals surface area contributed by atoms with E-state index in [2.05, 4.69) is 16.0 Å². The summed E-state index contributed by atoms with van der Waals surface area (Å²) in [6.07, 6.45) is -0.421. The molecule has 3 amide bonds. The third-order valence-corrected chi connectivity index (χ3v) is 5.20. The fraction of sp³-hybridized carbons (Fsp3) is 0.645. The summed E-state index contributed by atoms with van der Waals surface area (Å²) in [4.78, 5) is 63.1. The van der Waals surface area contributed by atoms with E-state index in [1.165, 1.54) is 0 Å². The number of nitrogens with one attached hydrogen (secondary N) is 3. The third-order valence-electron chi connectivity index (χ3n) is 5.20. The zero-order valence-electron chi connectivity index (χ0n) is 27.0. The molecule has 12 heteroatoms. The normalized spacial score (nSPS) is 13.1. The summed E-state index contributed by atoms with van der Waals surface area (Å²) in [7, 11) is 0. The van der Waals surface area contributed by atoms with E-state index in [0.29, 0.717) is 6.42 Å². The maximum absolute atomic E-state index is 13.0. The molecule has 12 nitrogen and oxygen atoms in total. The molecule has 0 fully saturated rings. The van der Waals surface area contributed by atoms with Gasteiger partial charge in [0.2, 0.25) is 0 Å². The molecule has 242 valence electrons. The van der Waals surface area contributed by atoms with Crippen LogP contribution in [0.1, 0.15) is 93.6 Å². The van der Waals surface area contributed by atoms with Gasteiger partial charge in [-0.25, -0.2) is 19.2 Å². The summed E-state index contributed by atoms with van der Waals surface area (Å²) in [6.45, 7) is 15.6. The molecule has 2 atom stereocenters. The summed E-state index contributed by atoms with van der Waals surface area (Å²) in [6, 6.07) is 6.10. The molecule has 0 aliphatic rings. The number of benzene rings is 1. The Kier molecular flexibility index (Phi) is 14.5. The van der Waals surface area contributed by atoms with Gasteiger partial charge < -0.3 is 34.9 Å². The standard InChI is InChI=1S/C31H49N3O9/c1-29(2,3)41-24(35)18-17-23(26(37)43-31(7,8)9)34-27(38)33-22(25(36)42-30(4,5)6)16-13-19-32-28(39)40-20-21-14-11-10-12-15-21/h10-12,14-15,22-23H,13,16-20H2,1-9H3,(H,32,39)(H2,33,34,38)/t22-,23-/m0/s1. The second kappa shape index (κ2) is 16.7. The zero-order valence-corrected chi connectivity index (χ0v) is 27.0. The van der Waals surface area contributed by atoms with E-state index in [1.54, 1.807) is 62.3 Å². The van der Waals surface area contributed by atoms with E-state index in [-0.39, 0.29) is 32.4 Å². The topological polar surface area (TPSA) is 158 Å². The molecule has 0 unspecified atom stereocenters. The van der Waals surface area contributed by atoms with Crippen molar-refractivity contribution < 1.29 is 42.9 Å². The average Bonchev–Trinajstić information content (AvgIpc) is 2.84. The van der Waals surface area contributed by atoms with Gasteiger partial charge in [-0.1, -0.05) is 30.3 Å². The highest BCUT2D eigenvalue weighted by Gasteiger charge is 2.31. The van der Waals surface area contributed by atoms with Gasteiger partial charge >= 0.3 is 30.0 Å². The van der Waals surface area contributed by atoms with Crippen LogP contribution in [0.3, 0.4) is 0 Å². The third kappa shape index (κ3) is 18.3. The Morgan fingerprint density at radius 3 is 1.67 bits per heavy atom. The predicted octanol–water partition coefficient (Wildman–Crippen LogP) is 4.53. The summed E-state index contributed by atoms with van der Waals surface area (Å²) >= 11 is 0. The van der Waals surface area contributed by atoms with E-state index in [4.69, 9.17) is 18.9 Å². The largest absolute Gasteiger partial charge is 0.460 e. The van der Waals surface area contributed by atoms with Crippen LogP contribution < -0.4 is 16.0 Å². The maximum Gasteiger partial charge on any atom is 0.407 e. The lowest BCUT2D eigenvalue weighted by Crippen LogP contribution is -2.53. The number of alkyl carbamates (subject to hydrolysis) is 1. The average molecular weight is 608 g/mol. The van der Waals surface area contributed by atoms with Crippen LogP contribution >= 0.6 is 0 Å². The Bertz CT molecular complexity index is 1070. The van der Waals surface area contributed by atoms with Crippen LogP contribution in [0.2, 0.25) is 0 Å². The van der Waals surface area contributed by atoms with Gasteiger partial charge in [-0.3, -0.25) is 4.79 Å². The molecule has 0 aliphatic carbocycles. The van der Waals surface area contributed by atoms with Gasteiger partial charge in [0.25, 0.3) is 0 Å². The molecule has 0 aliphatic heterocycles. The number of esters is 3. The van der Waals surface area contributed by atoms with Gasteiger partial charge in [0, 0.05) is 13.0 Å². The van der Waals surface area contributed by atoms with Gasteiger partial charge in [0.15, 0.2) is 0 Å². The van der Waals surface area contributed by atoms with E-state index in [1.807, 2.05) is 30.3 Å². The fourth-order valence-electron chi connectivity index (χ4n) is 3.53. The van der Waals surface area contributed by atoms with Crippen LogP contribution in [0.4, 0.5) is 9.59 Å². The van der Waals surface area contributed by atoms with E-state index < -0.39 is 58.9 Å². The first-order valence-corrected chi connectivity index (χ1v) is 14.4. The van der Waals surface area contributed by atoms with Crippen molar-refractivity contribution in [2.45, 2.75) is 123 Å². The van der Waals surface area contributed by atoms with Crippen molar-refractivity contribution >= 4 is 30.0 Å². The summed E-state index contributed by atoms with van der Waals surface area (Å²) in [5.41, 5.74) is -1.53. The van der Waals surface area contributed by atoms with Gasteiger partial charge in [0.05, 0.1) is 0 Å². The number of carbonyl (C=O) groups excluding carboxylic acids is 5. The van der Waals surface area contributed by atoms with Crippen molar-refractivity contribution in [3.8, 4) is 0 Å². The first-order chi connectivity index (χ1) is 19.7. The number of rotatable bonds is 13. The molecule has 0 bridgehead atoms. The van der Waals surface area contributed by atoms with Crippen LogP contribution in [0.5, 0.6) is 0 Å². The Labute approximate surface area is 254 Å². The van der Waals surface area contributed by atoms with Crippen molar-refractivity contribution in [2.75, 3.05) is 6.54 Å². The van der Waals surface area contributed by atoms with Gasteiger partial charge in [-0.15, -0.1) is 0 Å². The van der Waals surface area contributed by atoms with Crippen LogP contribution in [-0.2, 0) is 39.9 Å². The van der Waals surface area contributed by atoms with Crippen molar-refractivity contribution in [3.63, 3.8) is 0 Å². The number of urea groups is 1. The minimum Gasteiger partial charge on any atom is -0.460 e. The molecule has 0 heterocycles. The van der Waals surface area contributed by atoms with Crippen molar-refractivity contribution in [2.24, 2.45) is 0 Å². The summed E-state index contributed by atoms with van der Waals surface area (Å²) in [5.74, 6) is -1.96. The predicted molar refractivity (Wildman–Crippen MR) is 160 cm³/mol. The fourth-order valence-corrected chi connectivity index (χ4v) is 3.53. The quantitative estimate of drug-likeness (QED) is 0.166. The monoisotopic (exact) mass is 607 g/mol. The second-order valence-corrected chi connectivity index (χ2v) is 13.0. The van der Waals surface area contributed by atoms with Crippen LogP contribution in [-0.4, -0.2) is 65.5 Å². The molecule has 0 saturated heterocycles. The molecule has 0 spiro atoms. The molecule has 43 heavy (non-hydrogen) atoms. The van der Waals surface area contributed by atoms with E-state index >= 15 is 0 Å². The molecule has 0 saturated carbocycles. The minimum atomic E-state index is -1.19. The Morgan fingerprint density at radius 2 is 1.19 bits per heavy atom. The lowest BCUT2D eigenvalue weighted by molar-refractivity contribution is -0.159. The number of hydrogen-bond donors (Lipinski definition) is 3. The number of ether oxygens (including phenoxy) is 4. The molecule has 1 aromatic rings. The maximum atomic E-state index is 13.0. The Balaban J connectivity index is 2.82. The summed E-state index contributed by atoms with van der Waals surface area (Å²) in [5, 5.41) is 7.69. The van der Waals surface area contributed by atoms with Gasteiger partial charge in [-0.05, 0) is 87.1 Å². The lowest BCUT2D eigenvalue weighted by atomic mass is 10.1. The molecule has 1 rings (SSSR count). The zero-order chi connectivity index (χ0) is 32.8. The molecular weight excluding hydrogens is 558 g/mol. The highest BCUT2D eigenvalue weighted by atomic mass is 16.6. The highest BCUT2D eigenvalue weighted by molar-refractivity contribution is 5.87. The SMILES string of the molecule is CC(C)(C)OC(=O)CC[C@H](NC(=O)N[C@@H](CCCNC(=O)OCc1ccccc1)C(=O)OC(C)(C)C)C(=O)OC(C)(C)C. The Morgan fingerprint density at radius 1 is 0.698 bits per heavy atom. The number of hydrogen-bond acceptors (Lipinski definition) is 9. The van der Waals surface area contributed by atoms with Gasteiger partial charge in [-0.2, -0.15) is 0 Å². The smallest absolute Gasteiger partial charge is 0.407 e. The highest BCUT2D eigenvalue weighted by Crippen LogP contribution is 2.15. The van der Waals surface area contributed by atoms with E-state index in [0.717, 1.165) is 5.56 Å². The first-order valence-electron chi connectivity index (χ1n) is 14.4. The minimum absolute atomic E-state index is 0.0800.